The van der Waals surface area contributed by atoms with Crippen molar-refractivity contribution < 1.29 is 24.5 Å². The Morgan fingerprint density at radius 2 is 2.19 bits per heavy atom. The van der Waals surface area contributed by atoms with Gasteiger partial charge in [-0.25, -0.2) is 4.79 Å². The molecule has 0 aliphatic rings. The van der Waals surface area contributed by atoms with Crippen molar-refractivity contribution in [2.24, 2.45) is 0 Å². The summed E-state index contributed by atoms with van der Waals surface area (Å²) in [5.74, 6) is -0.605. The lowest BCUT2D eigenvalue weighted by Crippen LogP contribution is -2.42. The first-order chi connectivity index (χ1) is 7.61. The maximum absolute atomic E-state index is 11.3. The first kappa shape index (κ1) is 15.2. The molecule has 1 atom stereocenters. The summed E-state index contributed by atoms with van der Waals surface area (Å²) in [4.78, 5) is 21.9. The summed E-state index contributed by atoms with van der Waals surface area (Å²) >= 11 is 1.37. The molecular weight excluding hydrogens is 234 g/mol. The Bertz CT molecular complexity index is 224. The number of methoxy groups -OCH3 is 1. The van der Waals surface area contributed by atoms with E-state index in [9.17, 15) is 9.59 Å². The smallest absolute Gasteiger partial charge is 0.326 e. The van der Waals surface area contributed by atoms with E-state index in [1.807, 2.05) is 0 Å². The van der Waals surface area contributed by atoms with E-state index in [2.05, 4.69) is 5.32 Å². The van der Waals surface area contributed by atoms with E-state index in [4.69, 9.17) is 14.9 Å². The van der Waals surface area contributed by atoms with Crippen molar-refractivity contribution in [3.63, 3.8) is 0 Å². The molecule has 0 aromatic rings. The quantitative estimate of drug-likeness (QED) is 0.470. The number of carbonyl (C=O) groups is 2. The van der Waals surface area contributed by atoms with E-state index in [1.54, 1.807) is 7.11 Å². The molecule has 6 nitrogen and oxygen atoms in total. The highest BCUT2D eigenvalue weighted by atomic mass is 32.2. The van der Waals surface area contributed by atoms with Gasteiger partial charge in [0, 0.05) is 25.9 Å². The minimum absolute atomic E-state index is 0.0177. The summed E-state index contributed by atoms with van der Waals surface area (Å²) in [7, 11) is 1.57. The minimum atomic E-state index is -1.13. The molecule has 0 radical (unpaired) electrons. The number of ether oxygens (including phenoxy) is 1. The second-order valence-corrected chi connectivity index (χ2v) is 4.12. The summed E-state index contributed by atoms with van der Waals surface area (Å²) in [6, 6.07) is -1.01. The number of nitrogens with one attached hydrogen (secondary N) is 1. The van der Waals surface area contributed by atoms with E-state index < -0.39 is 12.0 Å². The van der Waals surface area contributed by atoms with Gasteiger partial charge in [0.15, 0.2) is 0 Å². The van der Waals surface area contributed by atoms with Crippen LogP contribution in [0.4, 0.5) is 0 Å². The summed E-state index contributed by atoms with van der Waals surface area (Å²) in [5, 5.41) is 19.7. The van der Waals surface area contributed by atoms with Gasteiger partial charge in [-0.2, -0.15) is 0 Å². The molecular formula is C9H17NO5S. The Morgan fingerprint density at radius 1 is 1.50 bits per heavy atom. The number of aliphatic hydroxyl groups excluding tert-OH is 1. The molecule has 0 rings (SSSR count). The average molecular weight is 251 g/mol. The van der Waals surface area contributed by atoms with Crippen molar-refractivity contribution in [1.82, 2.24) is 5.32 Å². The molecule has 1 unspecified atom stereocenters. The van der Waals surface area contributed by atoms with Crippen LogP contribution in [0.15, 0.2) is 0 Å². The van der Waals surface area contributed by atoms with Crippen molar-refractivity contribution in [3.05, 3.63) is 0 Å². The van der Waals surface area contributed by atoms with Gasteiger partial charge in [0.25, 0.3) is 0 Å². The van der Waals surface area contributed by atoms with Crippen LogP contribution in [0.5, 0.6) is 0 Å². The molecule has 7 heteroatoms. The van der Waals surface area contributed by atoms with Crippen molar-refractivity contribution in [2.75, 3.05) is 31.8 Å². The Kier molecular flexibility index (Phi) is 8.97. The second-order valence-electron chi connectivity index (χ2n) is 3.02. The number of aliphatic hydroxyl groups is 1. The van der Waals surface area contributed by atoms with Crippen LogP contribution >= 0.6 is 11.8 Å². The summed E-state index contributed by atoms with van der Waals surface area (Å²) in [5.41, 5.74) is 0. The average Bonchev–Trinajstić information content (AvgIpc) is 2.23. The predicted octanol–water partition coefficient (Wildman–Crippen LogP) is -0.682. The second kappa shape index (κ2) is 9.44. The molecule has 0 bridgehead atoms. The van der Waals surface area contributed by atoms with Gasteiger partial charge in [-0.15, -0.1) is 11.8 Å². The number of carboxylic acid groups (broad SMARTS) is 1. The fourth-order valence-corrected chi connectivity index (χ4v) is 1.63. The molecule has 1 amide bonds. The monoisotopic (exact) mass is 251 g/mol. The van der Waals surface area contributed by atoms with Crippen LogP contribution in [-0.2, 0) is 14.3 Å². The van der Waals surface area contributed by atoms with Crippen LogP contribution in [0, 0.1) is 0 Å². The number of carboxylic acids is 1. The number of rotatable bonds is 9. The standard InChI is InChI=1S/C9H17NO5S/c1-15-4-5-16-6-8(12)10-7(2-3-11)9(13)14/h7,11H,2-6H2,1H3,(H,10,12)(H,13,14). The van der Waals surface area contributed by atoms with Crippen molar-refractivity contribution in [3.8, 4) is 0 Å². The number of hydrogen-bond acceptors (Lipinski definition) is 5. The lowest BCUT2D eigenvalue weighted by molar-refractivity contribution is -0.141. The molecule has 0 aliphatic carbocycles. The van der Waals surface area contributed by atoms with Crippen molar-refractivity contribution in [2.45, 2.75) is 12.5 Å². The first-order valence-electron chi connectivity index (χ1n) is 4.81. The van der Waals surface area contributed by atoms with Crippen LogP contribution in [0.2, 0.25) is 0 Å². The third-order valence-electron chi connectivity index (χ3n) is 1.72. The van der Waals surface area contributed by atoms with E-state index in [0.29, 0.717) is 12.4 Å². The molecule has 0 aliphatic heterocycles. The van der Waals surface area contributed by atoms with Gasteiger partial charge in [0.1, 0.15) is 6.04 Å². The minimum Gasteiger partial charge on any atom is -0.480 e. The third kappa shape index (κ3) is 7.49. The first-order valence-corrected chi connectivity index (χ1v) is 5.97. The predicted molar refractivity (Wildman–Crippen MR) is 60.5 cm³/mol. The lowest BCUT2D eigenvalue weighted by Gasteiger charge is -2.12. The van der Waals surface area contributed by atoms with Gasteiger partial charge < -0.3 is 20.3 Å². The maximum Gasteiger partial charge on any atom is 0.326 e. The summed E-state index contributed by atoms with van der Waals surface area (Å²) in [6.07, 6.45) is 0.0177. The van der Waals surface area contributed by atoms with Crippen LogP contribution < -0.4 is 5.32 Å². The van der Waals surface area contributed by atoms with Gasteiger partial charge in [-0.3, -0.25) is 4.79 Å². The number of aliphatic carboxylic acids is 1. The zero-order valence-corrected chi connectivity index (χ0v) is 9.96. The maximum atomic E-state index is 11.3. The molecule has 3 N–H and O–H groups in total. The number of carbonyl (C=O) groups excluding carboxylic acids is 1. The van der Waals surface area contributed by atoms with Crippen LogP contribution in [0.25, 0.3) is 0 Å². The third-order valence-corrected chi connectivity index (χ3v) is 2.64. The molecule has 0 fully saturated rings. The highest BCUT2D eigenvalue weighted by Crippen LogP contribution is 2.00. The van der Waals surface area contributed by atoms with Crippen molar-refractivity contribution >= 4 is 23.6 Å². The molecule has 0 saturated heterocycles. The van der Waals surface area contributed by atoms with E-state index in [0.717, 1.165) is 0 Å². The number of thioether (sulfide) groups is 1. The Hall–Kier alpha value is -0.790. The Balaban J connectivity index is 3.77. The largest absolute Gasteiger partial charge is 0.480 e. The number of amides is 1. The summed E-state index contributed by atoms with van der Waals surface area (Å²) in [6.45, 7) is 0.283. The normalized spacial score (nSPS) is 12.1. The van der Waals surface area contributed by atoms with E-state index >= 15 is 0 Å². The Labute approximate surface area is 98.4 Å². The molecule has 0 spiro atoms. The Morgan fingerprint density at radius 3 is 2.69 bits per heavy atom. The fraction of sp³-hybridized carbons (Fsp3) is 0.778. The summed E-state index contributed by atoms with van der Waals surface area (Å²) < 4.78 is 4.80. The molecule has 16 heavy (non-hydrogen) atoms. The van der Waals surface area contributed by atoms with Crippen LogP contribution in [-0.4, -0.2) is 60.0 Å². The zero-order chi connectivity index (χ0) is 12.4. The highest BCUT2D eigenvalue weighted by molar-refractivity contribution is 7.99. The number of hydrogen-bond donors (Lipinski definition) is 3. The van der Waals surface area contributed by atoms with Crippen molar-refractivity contribution in [1.29, 1.82) is 0 Å². The van der Waals surface area contributed by atoms with E-state index in [1.165, 1.54) is 11.8 Å². The fourth-order valence-electron chi connectivity index (χ4n) is 0.930. The van der Waals surface area contributed by atoms with Gasteiger partial charge in [0.2, 0.25) is 5.91 Å². The molecule has 0 aromatic heterocycles. The molecule has 94 valence electrons. The molecule has 0 heterocycles. The SMILES string of the molecule is COCCSCC(=O)NC(CCO)C(=O)O. The van der Waals surface area contributed by atoms with Crippen LogP contribution in [0.3, 0.4) is 0 Å². The van der Waals surface area contributed by atoms with Gasteiger partial charge >= 0.3 is 5.97 Å². The molecule has 0 saturated carbocycles. The lowest BCUT2D eigenvalue weighted by atomic mass is 10.2. The molecule has 0 aromatic carbocycles. The van der Waals surface area contributed by atoms with E-state index in [-0.39, 0.29) is 24.7 Å². The highest BCUT2D eigenvalue weighted by Gasteiger charge is 2.18. The van der Waals surface area contributed by atoms with Gasteiger partial charge in [0.05, 0.1) is 12.4 Å². The topological polar surface area (TPSA) is 95.9 Å². The zero-order valence-electron chi connectivity index (χ0n) is 9.14. The van der Waals surface area contributed by atoms with Crippen LogP contribution in [0.1, 0.15) is 6.42 Å². The van der Waals surface area contributed by atoms with Gasteiger partial charge in [-0.1, -0.05) is 0 Å². The van der Waals surface area contributed by atoms with Gasteiger partial charge in [-0.05, 0) is 0 Å².